The molecule has 1 aliphatic rings. The van der Waals surface area contributed by atoms with Gasteiger partial charge in [-0.3, -0.25) is 14.9 Å². The number of nitro benzene ring substituents is 1. The van der Waals surface area contributed by atoms with Gasteiger partial charge in [-0.05, 0) is 37.0 Å². The lowest BCUT2D eigenvalue weighted by Gasteiger charge is -2.17. The summed E-state index contributed by atoms with van der Waals surface area (Å²) in [6.45, 7) is 2.69. The first-order valence-corrected chi connectivity index (χ1v) is 8.96. The summed E-state index contributed by atoms with van der Waals surface area (Å²) in [5.41, 5.74) is 1.89. The molecule has 0 heterocycles. The molecule has 0 bridgehead atoms. The van der Waals surface area contributed by atoms with Crippen LogP contribution in [0, 0.1) is 10.1 Å². The average Bonchev–Trinajstić information content (AvgIpc) is 3.47. The molecular weight excluding hydrogens is 330 g/mol. The van der Waals surface area contributed by atoms with Gasteiger partial charge in [-0.2, -0.15) is 0 Å². The van der Waals surface area contributed by atoms with Crippen molar-refractivity contribution in [1.29, 1.82) is 0 Å². The van der Waals surface area contributed by atoms with Gasteiger partial charge in [-0.15, -0.1) is 0 Å². The molecule has 0 spiro atoms. The highest BCUT2D eigenvalue weighted by molar-refractivity contribution is 5.96. The van der Waals surface area contributed by atoms with Crippen molar-refractivity contribution in [2.45, 2.75) is 38.1 Å². The molecule has 0 radical (unpaired) electrons. The van der Waals surface area contributed by atoms with Gasteiger partial charge >= 0.3 is 0 Å². The average molecular weight is 353 g/mol. The maximum Gasteiger partial charge on any atom is 0.293 e. The third-order valence-corrected chi connectivity index (χ3v) is 4.67. The van der Waals surface area contributed by atoms with Crippen LogP contribution < -0.4 is 10.6 Å². The zero-order valence-electron chi connectivity index (χ0n) is 14.8. The zero-order valence-corrected chi connectivity index (χ0v) is 14.8. The van der Waals surface area contributed by atoms with Crippen LogP contribution in [0.3, 0.4) is 0 Å². The predicted molar refractivity (Wildman–Crippen MR) is 102 cm³/mol. The summed E-state index contributed by atoms with van der Waals surface area (Å²) in [5, 5.41) is 17.5. The van der Waals surface area contributed by atoms with Crippen molar-refractivity contribution >= 4 is 17.3 Å². The Labute approximate surface area is 152 Å². The summed E-state index contributed by atoms with van der Waals surface area (Å²) in [4.78, 5) is 23.1. The molecule has 136 valence electrons. The minimum absolute atomic E-state index is 0.0728. The van der Waals surface area contributed by atoms with E-state index < -0.39 is 4.92 Å². The number of amides is 1. The molecular formula is C20H23N3O3. The zero-order chi connectivity index (χ0) is 18.5. The summed E-state index contributed by atoms with van der Waals surface area (Å²) in [7, 11) is 0. The molecule has 1 amide bonds. The Kier molecular flexibility index (Phi) is 5.51. The van der Waals surface area contributed by atoms with Crippen LogP contribution in [0.25, 0.3) is 0 Å². The number of nitrogens with one attached hydrogen (secondary N) is 2. The Balaban J connectivity index is 1.73. The Morgan fingerprint density at radius 3 is 2.58 bits per heavy atom. The van der Waals surface area contributed by atoms with Crippen LogP contribution in [0.5, 0.6) is 0 Å². The fourth-order valence-corrected chi connectivity index (χ4v) is 2.93. The molecule has 1 saturated carbocycles. The highest BCUT2D eigenvalue weighted by Crippen LogP contribution is 2.28. The van der Waals surface area contributed by atoms with E-state index in [1.807, 2.05) is 18.2 Å². The van der Waals surface area contributed by atoms with E-state index in [1.165, 1.54) is 11.6 Å². The number of anilines is 1. The first-order chi connectivity index (χ1) is 12.6. The van der Waals surface area contributed by atoms with E-state index in [4.69, 9.17) is 0 Å². The van der Waals surface area contributed by atoms with Gasteiger partial charge in [-0.1, -0.05) is 37.3 Å². The summed E-state index contributed by atoms with van der Waals surface area (Å²) in [6, 6.07) is 14.9. The van der Waals surface area contributed by atoms with Crippen LogP contribution in [-0.2, 0) is 0 Å². The molecule has 1 atom stereocenters. The van der Waals surface area contributed by atoms with E-state index in [0.717, 1.165) is 19.3 Å². The molecule has 2 N–H and O–H groups in total. The number of nitrogens with zero attached hydrogens (tertiary/aromatic N) is 1. The van der Waals surface area contributed by atoms with Gasteiger partial charge in [0.2, 0.25) is 0 Å². The summed E-state index contributed by atoms with van der Waals surface area (Å²) in [5.74, 6) is 0.00603. The van der Waals surface area contributed by atoms with Crippen LogP contribution in [0.4, 0.5) is 11.4 Å². The molecule has 2 aromatic rings. The van der Waals surface area contributed by atoms with Gasteiger partial charge in [0.1, 0.15) is 5.69 Å². The number of carbonyl (C=O) groups excluding carboxylic acids is 1. The molecule has 6 nitrogen and oxygen atoms in total. The lowest BCUT2D eigenvalue weighted by molar-refractivity contribution is -0.384. The van der Waals surface area contributed by atoms with Gasteiger partial charge in [0.25, 0.3) is 11.6 Å². The van der Waals surface area contributed by atoms with Crippen LogP contribution in [0.15, 0.2) is 48.5 Å². The van der Waals surface area contributed by atoms with Crippen LogP contribution >= 0.6 is 0 Å². The van der Waals surface area contributed by atoms with Crippen molar-refractivity contribution in [2.75, 3.05) is 11.9 Å². The van der Waals surface area contributed by atoms with Crippen molar-refractivity contribution in [3.8, 4) is 0 Å². The lowest BCUT2D eigenvalue weighted by atomic mass is 9.96. The first kappa shape index (κ1) is 17.9. The molecule has 1 aliphatic carbocycles. The molecule has 1 fully saturated rings. The summed E-state index contributed by atoms with van der Waals surface area (Å²) >= 11 is 0. The molecule has 0 aromatic heterocycles. The van der Waals surface area contributed by atoms with Crippen LogP contribution in [0.1, 0.15) is 48.0 Å². The van der Waals surface area contributed by atoms with Gasteiger partial charge in [-0.25, -0.2) is 0 Å². The topological polar surface area (TPSA) is 84.3 Å². The first-order valence-electron chi connectivity index (χ1n) is 8.96. The second-order valence-corrected chi connectivity index (χ2v) is 6.63. The fourth-order valence-electron chi connectivity index (χ4n) is 2.93. The number of carbonyl (C=O) groups is 1. The Morgan fingerprint density at radius 1 is 1.23 bits per heavy atom. The molecule has 3 rings (SSSR count). The van der Waals surface area contributed by atoms with Crippen molar-refractivity contribution in [3.05, 3.63) is 69.8 Å². The van der Waals surface area contributed by atoms with E-state index in [1.54, 1.807) is 12.1 Å². The fraction of sp³-hybridized carbons (Fsp3) is 0.350. The number of hydrogen-bond donors (Lipinski definition) is 2. The Hall–Kier alpha value is -2.89. The van der Waals surface area contributed by atoms with Crippen LogP contribution in [0.2, 0.25) is 0 Å². The van der Waals surface area contributed by atoms with Gasteiger partial charge in [0.15, 0.2) is 0 Å². The molecule has 0 saturated heterocycles. The second kappa shape index (κ2) is 7.99. The highest BCUT2D eigenvalue weighted by Gasteiger charge is 2.25. The number of hydrogen-bond acceptors (Lipinski definition) is 4. The van der Waals surface area contributed by atoms with E-state index in [9.17, 15) is 14.9 Å². The van der Waals surface area contributed by atoms with E-state index >= 15 is 0 Å². The minimum atomic E-state index is -0.445. The Bertz CT molecular complexity index is 788. The number of rotatable bonds is 8. The minimum Gasteiger partial charge on any atom is -0.379 e. The van der Waals surface area contributed by atoms with Crippen molar-refractivity contribution in [3.63, 3.8) is 0 Å². The van der Waals surface area contributed by atoms with Crippen molar-refractivity contribution in [2.24, 2.45) is 0 Å². The van der Waals surface area contributed by atoms with E-state index in [2.05, 4.69) is 29.7 Å². The maximum atomic E-state index is 12.1. The number of benzene rings is 2. The summed E-state index contributed by atoms with van der Waals surface area (Å²) < 4.78 is 0. The van der Waals surface area contributed by atoms with E-state index in [0.29, 0.717) is 17.8 Å². The van der Waals surface area contributed by atoms with Gasteiger partial charge < -0.3 is 10.6 Å². The maximum absolute atomic E-state index is 12.1. The van der Waals surface area contributed by atoms with Gasteiger partial charge in [0, 0.05) is 30.1 Å². The van der Waals surface area contributed by atoms with E-state index in [-0.39, 0.29) is 23.6 Å². The SMILES string of the molecule is CCC(CNc1ccc(C(=O)NC2CC2)cc1[N+](=O)[O-])c1ccccc1. The third kappa shape index (κ3) is 4.39. The smallest absolute Gasteiger partial charge is 0.293 e. The van der Waals surface area contributed by atoms with Crippen molar-refractivity contribution < 1.29 is 9.72 Å². The Morgan fingerprint density at radius 2 is 1.96 bits per heavy atom. The molecule has 1 unspecified atom stereocenters. The predicted octanol–water partition coefficient (Wildman–Crippen LogP) is 4.09. The molecule has 2 aromatic carbocycles. The third-order valence-electron chi connectivity index (χ3n) is 4.67. The second-order valence-electron chi connectivity index (χ2n) is 6.63. The quantitative estimate of drug-likeness (QED) is 0.553. The van der Waals surface area contributed by atoms with Gasteiger partial charge in [0.05, 0.1) is 4.92 Å². The van der Waals surface area contributed by atoms with Crippen LogP contribution in [-0.4, -0.2) is 23.4 Å². The number of nitro groups is 1. The molecule has 0 aliphatic heterocycles. The molecule has 6 heteroatoms. The lowest BCUT2D eigenvalue weighted by Crippen LogP contribution is -2.25. The summed E-state index contributed by atoms with van der Waals surface area (Å²) in [6.07, 6.45) is 2.88. The molecule has 26 heavy (non-hydrogen) atoms. The highest BCUT2D eigenvalue weighted by atomic mass is 16.6. The monoisotopic (exact) mass is 353 g/mol. The van der Waals surface area contributed by atoms with Crippen molar-refractivity contribution in [1.82, 2.24) is 5.32 Å². The standard InChI is InChI=1S/C20H23N3O3/c1-2-14(15-6-4-3-5-7-15)13-21-18-11-8-16(12-19(18)23(25)26)20(24)22-17-9-10-17/h3-8,11-12,14,17,21H,2,9-10,13H2,1H3,(H,22,24). The normalized spacial score (nSPS) is 14.5. The largest absolute Gasteiger partial charge is 0.379 e.